The summed E-state index contributed by atoms with van der Waals surface area (Å²) in [6.45, 7) is 3.86. The molecule has 0 aliphatic carbocycles. The zero-order valence-electron chi connectivity index (χ0n) is 5.50. The van der Waals surface area contributed by atoms with Crippen LogP contribution in [0.25, 0.3) is 0 Å². The van der Waals surface area contributed by atoms with Gasteiger partial charge in [-0.3, -0.25) is 4.79 Å². The second kappa shape index (κ2) is 2.17. The molecule has 50 valence electrons. The highest BCUT2D eigenvalue weighted by Crippen LogP contribution is 2.10. The molecule has 0 aromatic rings. The first-order chi connectivity index (χ1) is 4.22. The van der Waals surface area contributed by atoms with E-state index in [4.69, 9.17) is 4.74 Å². The molecule has 0 N–H and O–H groups in total. The Morgan fingerprint density at radius 2 is 2.44 bits per heavy atom. The summed E-state index contributed by atoms with van der Waals surface area (Å²) in [5, 5.41) is 0. The number of hydrogen-bond donors (Lipinski definition) is 0. The van der Waals surface area contributed by atoms with Crippen LogP contribution in [0.5, 0.6) is 0 Å². The van der Waals surface area contributed by atoms with Gasteiger partial charge in [-0.25, -0.2) is 0 Å². The fourth-order valence-corrected chi connectivity index (χ4v) is 0.722. The standard InChI is InChI=1S/C6H9NO2/c1-4(2)5-6(8)7-3-9-5/h3-5H,1-2H3/t5-/m1/s1. The van der Waals surface area contributed by atoms with E-state index in [1.54, 1.807) is 0 Å². The highest BCUT2D eigenvalue weighted by Gasteiger charge is 2.25. The first-order valence-electron chi connectivity index (χ1n) is 2.93. The maximum Gasteiger partial charge on any atom is 0.289 e. The first-order valence-corrected chi connectivity index (χ1v) is 2.93. The van der Waals surface area contributed by atoms with Crippen LogP contribution in [0.3, 0.4) is 0 Å². The number of ether oxygens (including phenoxy) is 1. The zero-order chi connectivity index (χ0) is 6.85. The van der Waals surface area contributed by atoms with Crippen LogP contribution in [0.4, 0.5) is 0 Å². The lowest BCUT2D eigenvalue weighted by atomic mass is 10.1. The molecule has 1 amide bonds. The largest absolute Gasteiger partial charge is 0.470 e. The van der Waals surface area contributed by atoms with E-state index in [0.29, 0.717) is 0 Å². The number of rotatable bonds is 1. The number of nitrogens with zero attached hydrogens (tertiary/aromatic N) is 1. The van der Waals surface area contributed by atoms with Gasteiger partial charge in [0.15, 0.2) is 12.5 Å². The Kier molecular flexibility index (Phi) is 1.51. The molecule has 3 heteroatoms. The van der Waals surface area contributed by atoms with Crippen LogP contribution in [-0.4, -0.2) is 18.4 Å². The van der Waals surface area contributed by atoms with E-state index in [9.17, 15) is 4.79 Å². The Bertz CT molecular complexity index is 151. The van der Waals surface area contributed by atoms with Gasteiger partial charge < -0.3 is 4.74 Å². The number of carbonyl (C=O) groups excluding carboxylic acids is 1. The summed E-state index contributed by atoms with van der Waals surface area (Å²) in [6, 6.07) is 0. The number of amides is 1. The Morgan fingerprint density at radius 1 is 1.78 bits per heavy atom. The van der Waals surface area contributed by atoms with Gasteiger partial charge in [-0.15, -0.1) is 0 Å². The zero-order valence-corrected chi connectivity index (χ0v) is 5.50. The maximum atomic E-state index is 10.7. The van der Waals surface area contributed by atoms with E-state index >= 15 is 0 Å². The summed E-state index contributed by atoms with van der Waals surface area (Å²) in [7, 11) is 0. The third-order valence-electron chi connectivity index (χ3n) is 1.24. The van der Waals surface area contributed by atoms with Crippen LogP contribution in [0.2, 0.25) is 0 Å². The van der Waals surface area contributed by atoms with Gasteiger partial charge in [-0.05, 0) is 5.92 Å². The molecule has 0 bridgehead atoms. The minimum Gasteiger partial charge on any atom is -0.470 e. The molecule has 3 nitrogen and oxygen atoms in total. The van der Waals surface area contributed by atoms with Gasteiger partial charge in [0.05, 0.1) is 0 Å². The second-order valence-electron chi connectivity index (χ2n) is 2.37. The fourth-order valence-electron chi connectivity index (χ4n) is 0.722. The number of hydrogen-bond acceptors (Lipinski definition) is 2. The SMILES string of the molecule is CC(C)[C@H]1OC=NC1=O. The molecule has 0 aromatic heterocycles. The third-order valence-corrected chi connectivity index (χ3v) is 1.24. The monoisotopic (exact) mass is 127 g/mol. The van der Waals surface area contributed by atoms with Crippen LogP contribution in [-0.2, 0) is 9.53 Å². The van der Waals surface area contributed by atoms with Crippen molar-refractivity contribution in [2.75, 3.05) is 0 Å². The lowest BCUT2D eigenvalue weighted by molar-refractivity contribution is -0.124. The highest BCUT2D eigenvalue weighted by atomic mass is 16.5. The van der Waals surface area contributed by atoms with Crippen molar-refractivity contribution in [3.8, 4) is 0 Å². The molecular formula is C6H9NO2. The predicted molar refractivity (Wildman–Crippen MR) is 33.2 cm³/mol. The van der Waals surface area contributed by atoms with Crippen LogP contribution < -0.4 is 0 Å². The van der Waals surface area contributed by atoms with Crippen molar-refractivity contribution < 1.29 is 9.53 Å². The van der Waals surface area contributed by atoms with Crippen molar-refractivity contribution in [3.05, 3.63) is 0 Å². The smallest absolute Gasteiger partial charge is 0.289 e. The van der Waals surface area contributed by atoms with Gasteiger partial charge in [0.25, 0.3) is 5.91 Å². The molecule has 0 spiro atoms. The van der Waals surface area contributed by atoms with E-state index in [1.807, 2.05) is 13.8 Å². The van der Waals surface area contributed by atoms with Gasteiger partial charge in [0, 0.05) is 0 Å². The van der Waals surface area contributed by atoms with Crippen LogP contribution in [0, 0.1) is 5.92 Å². The molecule has 1 aliphatic heterocycles. The summed E-state index contributed by atoms with van der Waals surface area (Å²) in [5.41, 5.74) is 0. The number of aliphatic imine (C=N–C) groups is 1. The summed E-state index contributed by atoms with van der Waals surface area (Å²) < 4.78 is 4.89. The third kappa shape index (κ3) is 1.09. The Morgan fingerprint density at radius 3 is 2.67 bits per heavy atom. The fraction of sp³-hybridized carbons (Fsp3) is 0.667. The van der Waals surface area contributed by atoms with Crippen molar-refractivity contribution in [3.63, 3.8) is 0 Å². The van der Waals surface area contributed by atoms with Crippen LogP contribution >= 0.6 is 0 Å². The van der Waals surface area contributed by atoms with Crippen molar-refractivity contribution in [1.82, 2.24) is 0 Å². The van der Waals surface area contributed by atoms with Gasteiger partial charge in [-0.2, -0.15) is 4.99 Å². The molecule has 0 fully saturated rings. The molecule has 1 rings (SSSR count). The van der Waals surface area contributed by atoms with E-state index < -0.39 is 0 Å². The van der Waals surface area contributed by atoms with Crippen LogP contribution in [0.15, 0.2) is 4.99 Å². The topological polar surface area (TPSA) is 38.7 Å². The second-order valence-corrected chi connectivity index (χ2v) is 2.37. The van der Waals surface area contributed by atoms with Gasteiger partial charge in [0.2, 0.25) is 0 Å². The van der Waals surface area contributed by atoms with E-state index in [0.717, 1.165) is 0 Å². The molecule has 0 saturated heterocycles. The molecule has 0 aromatic carbocycles. The van der Waals surface area contributed by atoms with E-state index in [1.165, 1.54) is 6.40 Å². The Balaban J connectivity index is 2.56. The minimum atomic E-state index is -0.329. The summed E-state index contributed by atoms with van der Waals surface area (Å²) in [5.74, 6) is 0.0602. The average Bonchev–Trinajstić information content (AvgIpc) is 2.13. The van der Waals surface area contributed by atoms with Crippen molar-refractivity contribution >= 4 is 12.3 Å². The molecule has 0 radical (unpaired) electrons. The summed E-state index contributed by atoms with van der Waals surface area (Å²) in [6.07, 6.45) is 0.887. The van der Waals surface area contributed by atoms with Crippen molar-refractivity contribution in [1.29, 1.82) is 0 Å². The lowest BCUT2D eigenvalue weighted by Gasteiger charge is -2.09. The summed E-state index contributed by atoms with van der Waals surface area (Å²) in [4.78, 5) is 14.1. The maximum absolute atomic E-state index is 10.7. The molecule has 1 aliphatic rings. The van der Waals surface area contributed by atoms with E-state index in [2.05, 4.69) is 4.99 Å². The molecule has 1 atom stereocenters. The molecule has 0 saturated carbocycles. The van der Waals surface area contributed by atoms with Gasteiger partial charge in [0.1, 0.15) is 0 Å². The Hall–Kier alpha value is -0.860. The van der Waals surface area contributed by atoms with Crippen molar-refractivity contribution in [2.45, 2.75) is 20.0 Å². The van der Waals surface area contributed by atoms with Crippen molar-refractivity contribution in [2.24, 2.45) is 10.9 Å². The predicted octanol–water partition coefficient (Wildman–Crippen LogP) is 0.596. The molecular weight excluding hydrogens is 118 g/mol. The normalized spacial score (nSPS) is 25.2. The van der Waals surface area contributed by atoms with Gasteiger partial charge >= 0.3 is 0 Å². The van der Waals surface area contributed by atoms with E-state index in [-0.39, 0.29) is 17.9 Å². The molecule has 9 heavy (non-hydrogen) atoms. The Labute approximate surface area is 53.7 Å². The summed E-state index contributed by atoms with van der Waals surface area (Å²) >= 11 is 0. The molecule has 0 unspecified atom stereocenters. The van der Waals surface area contributed by atoms with Crippen LogP contribution in [0.1, 0.15) is 13.8 Å². The highest BCUT2D eigenvalue weighted by molar-refractivity contribution is 5.91. The average molecular weight is 127 g/mol. The quantitative estimate of drug-likeness (QED) is 0.517. The minimum absolute atomic E-state index is 0.162. The lowest BCUT2D eigenvalue weighted by Crippen LogP contribution is -2.22. The molecule has 1 heterocycles. The number of carbonyl (C=O) groups is 1. The van der Waals surface area contributed by atoms with Gasteiger partial charge in [-0.1, -0.05) is 13.8 Å². The first kappa shape index (κ1) is 6.26.